The van der Waals surface area contributed by atoms with Crippen LogP contribution in [0.2, 0.25) is 0 Å². The third-order valence-electron chi connectivity index (χ3n) is 1.87. The van der Waals surface area contributed by atoms with E-state index in [9.17, 15) is 9.50 Å². The molecule has 78 valence electrons. The highest BCUT2D eigenvalue weighted by Gasteiger charge is 2.10. The quantitative estimate of drug-likeness (QED) is 0.774. The molecule has 1 atom stereocenters. The fourth-order valence-electron chi connectivity index (χ4n) is 1.27. The number of aromatic hydroxyl groups is 1. The van der Waals surface area contributed by atoms with E-state index >= 15 is 0 Å². The molecule has 0 bridgehead atoms. The predicted octanol–water partition coefficient (Wildman–Crippen LogP) is 1.43. The maximum absolute atomic E-state index is 13.1. The topological polar surface area (TPSA) is 55.5 Å². The summed E-state index contributed by atoms with van der Waals surface area (Å²) in [5.41, 5.74) is 6.29. The molecule has 0 saturated heterocycles. The van der Waals surface area contributed by atoms with Crippen molar-refractivity contribution in [1.82, 2.24) is 0 Å². The molecular weight excluding hydrogens is 185 g/mol. The van der Waals surface area contributed by atoms with Crippen molar-refractivity contribution < 1.29 is 14.2 Å². The van der Waals surface area contributed by atoms with Gasteiger partial charge in [-0.15, -0.1) is 0 Å². The number of halogens is 1. The first-order valence-corrected chi connectivity index (χ1v) is 4.35. The molecule has 14 heavy (non-hydrogen) atoms. The highest BCUT2D eigenvalue weighted by atomic mass is 19.1. The lowest BCUT2D eigenvalue weighted by molar-refractivity contribution is 0.356. The van der Waals surface area contributed by atoms with Crippen LogP contribution in [-0.2, 0) is 6.42 Å². The van der Waals surface area contributed by atoms with Crippen molar-refractivity contribution in [3.8, 4) is 11.5 Å². The molecule has 1 aromatic rings. The number of hydrogen-bond donors (Lipinski definition) is 2. The summed E-state index contributed by atoms with van der Waals surface area (Å²) in [6.45, 7) is 1.83. The van der Waals surface area contributed by atoms with E-state index in [2.05, 4.69) is 0 Å². The molecule has 1 rings (SSSR count). The number of benzene rings is 1. The maximum Gasteiger partial charge on any atom is 0.194 e. The van der Waals surface area contributed by atoms with E-state index < -0.39 is 11.6 Å². The average molecular weight is 199 g/mol. The van der Waals surface area contributed by atoms with Gasteiger partial charge >= 0.3 is 0 Å². The summed E-state index contributed by atoms with van der Waals surface area (Å²) < 4.78 is 17.9. The summed E-state index contributed by atoms with van der Waals surface area (Å²) in [5, 5.41) is 9.22. The molecule has 0 amide bonds. The summed E-state index contributed by atoms with van der Waals surface area (Å²) >= 11 is 0. The van der Waals surface area contributed by atoms with Crippen molar-refractivity contribution >= 4 is 0 Å². The Hall–Kier alpha value is -1.29. The minimum absolute atomic E-state index is 0.0522. The molecule has 1 aromatic carbocycles. The molecule has 0 radical (unpaired) electrons. The van der Waals surface area contributed by atoms with Gasteiger partial charge in [0.1, 0.15) is 0 Å². The van der Waals surface area contributed by atoms with Crippen molar-refractivity contribution in [1.29, 1.82) is 0 Å². The first-order valence-electron chi connectivity index (χ1n) is 4.35. The second-order valence-corrected chi connectivity index (χ2v) is 3.31. The fourth-order valence-corrected chi connectivity index (χ4v) is 1.27. The molecule has 0 aliphatic rings. The summed E-state index contributed by atoms with van der Waals surface area (Å²) in [7, 11) is 1.38. The molecule has 0 spiro atoms. The van der Waals surface area contributed by atoms with Crippen molar-refractivity contribution in [3.05, 3.63) is 23.5 Å². The Kier molecular flexibility index (Phi) is 3.30. The van der Waals surface area contributed by atoms with Crippen LogP contribution in [-0.4, -0.2) is 18.3 Å². The van der Waals surface area contributed by atoms with Crippen molar-refractivity contribution in [3.63, 3.8) is 0 Å². The van der Waals surface area contributed by atoms with Gasteiger partial charge in [0.15, 0.2) is 17.3 Å². The van der Waals surface area contributed by atoms with E-state index in [1.165, 1.54) is 13.2 Å². The van der Waals surface area contributed by atoms with Gasteiger partial charge in [-0.2, -0.15) is 0 Å². The van der Waals surface area contributed by atoms with Crippen molar-refractivity contribution in [2.24, 2.45) is 5.73 Å². The molecule has 0 aliphatic carbocycles. The number of nitrogens with two attached hydrogens (primary N) is 1. The Labute approximate surface area is 82.3 Å². The predicted molar refractivity (Wildman–Crippen MR) is 52.0 cm³/mol. The van der Waals surface area contributed by atoms with Crippen LogP contribution in [0.15, 0.2) is 12.1 Å². The number of hydrogen-bond acceptors (Lipinski definition) is 3. The van der Waals surface area contributed by atoms with Crippen LogP contribution in [0.5, 0.6) is 11.5 Å². The third-order valence-corrected chi connectivity index (χ3v) is 1.87. The Morgan fingerprint density at radius 2 is 2.21 bits per heavy atom. The van der Waals surface area contributed by atoms with Gasteiger partial charge in [-0.25, -0.2) is 4.39 Å². The van der Waals surface area contributed by atoms with Gasteiger partial charge in [0.2, 0.25) is 0 Å². The van der Waals surface area contributed by atoms with Crippen LogP contribution >= 0.6 is 0 Å². The Balaban J connectivity index is 3.03. The lowest BCUT2D eigenvalue weighted by Gasteiger charge is -2.09. The smallest absolute Gasteiger partial charge is 0.194 e. The molecule has 0 heterocycles. The third kappa shape index (κ3) is 2.35. The van der Waals surface area contributed by atoms with Gasteiger partial charge in [0.25, 0.3) is 0 Å². The monoisotopic (exact) mass is 199 g/mol. The minimum atomic E-state index is -0.681. The second-order valence-electron chi connectivity index (χ2n) is 3.31. The number of phenols is 1. The lowest BCUT2D eigenvalue weighted by atomic mass is 10.1. The molecular formula is C10H14FNO2. The highest BCUT2D eigenvalue weighted by molar-refractivity contribution is 5.43. The van der Waals surface area contributed by atoms with Crippen LogP contribution < -0.4 is 10.5 Å². The Morgan fingerprint density at radius 3 is 2.71 bits per heavy atom. The minimum Gasteiger partial charge on any atom is -0.502 e. The van der Waals surface area contributed by atoms with Crippen molar-refractivity contribution in [2.45, 2.75) is 19.4 Å². The van der Waals surface area contributed by atoms with Gasteiger partial charge < -0.3 is 15.6 Å². The number of phenolic OH excluding ortho intramolecular Hbond substituents is 1. The molecule has 0 saturated carbocycles. The largest absolute Gasteiger partial charge is 0.502 e. The summed E-state index contributed by atoms with van der Waals surface area (Å²) in [4.78, 5) is 0. The Bertz CT molecular complexity index is 326. The number of rotatable bonds is 3. The normalized spacial score (nSPS) is 12.6. The fraction of sp³-hybridized carbons (Fsp3) is 0.400. The maximum atomic E-state index is 13.1. The molecule has 1 unspecified atom stereocenters. The first-order chi connectivity index (χ1) is 6.54. The molecule has 4 heteroatoms. The SMILES string of the molecule is COc1cc(CC(C)N)cc(F)c1O. The van der Waals surface area contributed by atoms with E-state index in [4.69, 9.17) is 10.5 Å². The van der Waals surface area contributed by atoms with Gasteiger partial charge in [0.05, 0.1) is 7.11 Å². The summed E-state index contributed by atoms with van der Waals surface area (Å²) in [6, 6.07) is 2.80. The standard InChI is InChI=1S/C10H14FNO2/c1-6(12)3-7-4-8(11)10(13)9(5-7)14-2/h4-6,13H,3,12H2,1-2H3. The zero-order valence-electron chi connectivity index (χ0n) is 8.25. The van der Waals surface area contributed by atoms with Gasteiger partial charge in [0, 0.05) is 6.04 Å². The van der Waals surface area contributed by atoms with Gasteiger partial charge in [-0.05, 0) is 31.0 Å². The van der Waals surface area contributed by atoms with E-state index in [1.807, 2.05) is 6.92 Å². The van der Waals surface area contributed by atoms with E-state index in [1.54, 1.807) is 6.07 Å². The van der Waals surface area contributed by atoms with Crippen LogP contribution in [0, 0.1) is 5.82 Å². The zero-order chi connectivity index (χ0) is 10.7. The van der Waals surface area contributed by atoms with Crippen LogP contribution in [0.4, 0.5) is 4.39 Å². The number of ether oxygens (including phenoxy) is 1. The highest BCUT2D eigenvalue weighted by Crippen LogP contribution is 2.30. The van der Waals surface area contributed by atoms with Gasteiger partial charge in [-0.3, -0.25) is 0 Å². The van der Waals surface area contributed by atoms with Crippen LogP contribution in [0.25, 0.3) is 0 Å². The van der Waals surface area contributed by atoms with Crippen molar-refractivity contribution in [2.75, 3.05) is 7.11 Å². The molecule has 3 N–H and O–H groups in total. The van der Waals surface area contributed by atoms with Crippen LogP contribution in [0.3, 0.4) is 0 Å². The zero-order valence-corrected chi connectivity index (χ0v) is 8.25. The average Bonchev–Trinajstić information content (AvgIpc) is 2.10. The number of methoxy groups -OCH3 is 1. The first kappa shape index (κ1) is 10.8. The lowest BCUT2D eigenvalue weighted by Crippen LogP contribution is -2.17. The summed E-state index contributed by atoms with van der Waals surface area (Å²) in [5.74, 6) is -0.999. The summed E-state index contributed by atoms with van der Waals surface area (Å²) in [6.07, 6.45) is 0.549. The molecule has 0 aromatic heterocycles. The molecule has 0 aliphatic heterocycles. The Morgan fingerprint density at radius 1 is 1.57 bits per heavy atom. The van der Waals surface area contributed by atoms with Gasteiger partial charge in [-0.1, -0.05) is 0 Å². The van der Waals surface area contributed by atoms with E-state index in [0.717, 1.165) is 0 Å². The molecule has 3 nitrogen and oxygen atoms in total. The van der Waals surface area contributed by atoms with E-state index in [-0.39, 0.29) is 11.8 Å². The van der Waals surface area contributed by atoms with Crippen LogP contribution in [0.1, 0.15) is 12.5 Å². The molecule has 0 fully saturated rings. The van der Waals surface area contributed by atoms with E-state index in [0.29, 0.717) is 12.0 Å². The second kappa shape index (κ2) is 4.28.